The number of benzene rings is 3. The van der Waals surface area contributed by atoms with E-state index in [-0.39, 0.29) is 16.7 Å². The van der Waals surface area contributed by atoms with Gasteiger partial charge in [0.1, 0.15) is 0 Å². The van der Waals surface area contributed by atoms with E-state index < -0.39 is 17.9 Å². The Morgan fingerprint density at radius 2 is 0.963 bits per heavy atom. The zero-order valence-electron chi connectivity index (χ0n) is 13.9. The molecule has 3 N–H and O–H groups in total. The van der Waals surface area contributed by atoms with Gasteiger partial charge < -0.3 is 15.3 Å². The van der Waals surface area contributed by atoms with E-state index in [1.54, 1.807) is 42.5 Å². The summed E-state index contributed by atoms with van der Waals surface area (Å²) in [7, 11) is 0. The topological polar surface area (TPSA) is 112 Å². The average Bonchev–Trinajstić information content (AvgIpc) is 2.67. The molecule has 3 aromatic carbocycles. The van der Waals surface area contributed by atoms with Crippen LogP contribution in [0.1, 0.15) is 31.1 Å². The minimum atomic E-state index is -1.19. The first kappa shape index (κ1) is 17.9. The highest BCUT2D eigenvalue weighted by atomic mass is 16.4. The molecular weight excluding hydrogens is 348 g/mol. The van der Waals surface area contributed by atoms with Gasteiger partial charge in [0.2, 0.25) is 0 Å². The third-order valence-corrected chi connectivity index (χ3v) is 4.12. The predicted molar refractivity (Wildman–Crippen MR) is 98.2 cm³/mol. The molecule has 0 aromatic heterocycles. The highest BCUT2D eigenvalue weighted by molar-refractivity contribution is 6.04. The number of rotatable bonds is 5. The molecule has 0 radical (unpaired) electrons. The molecule has 0 heterocycles. The van der Waals surface area contributed by atoms with Gasteiger partial charge in [-0.15, -0.1) is 0 Å². The zero-order valence-corrected chi connectivity index (χ0v) is 13.9. The number of carboxylic acids is 3. The molecule has 3 aromatic rings. The van der Waals surface area contributed by atoms with Crippen LogP contribution < -0.4 is 0 Å². The van der Waals surface area contributed by atoms with E-state index in [1.165, 1.54) is 24.3 Å². The maximum Gasteiger partial charge on any atom is 0.336 e. The first-order valence-electron chi connectivity index (χ1n) is 7.92. The number of carboxylic acid groups (broad SMARTS) is 3. The van der Waals surface area contributed by atoms with Gasteiger partial charge in [0, 0.05) is 0 Å². The van der Waals surface area contributed by atoms with Crippen LogP contribution in [0, 0.1) is 0 Å². The zero-order chi connectivity index (χ0) is 19.6. The quantitative estimate of drug-likeness (QED) is 0.629. The molecule has 134 valence electrons. The van der Waals surface area contributed by atoms with Crippen molar-refractivity contribution in [3.63, 3.8) is 0 Å². The van der Waals surface area contributed by atoms with Crippen molar-refractivity contribution >= 4 is 17.9 Å². The normalized spacial score (nSPS) is 10.4. The van der Waals surface area contributed by atoms with E-state index in [1.807, 2.05) is 0 Å². The van der Waals surface area contributed by atoms with E-state index >= 15 is 0 Å². The van der Waals surface area contributed by atoms with Crippen molar-refractivity contribution in [2.75, 3.05) is 0 Å². The van der Waals surface area contributed by atoms with Crippen molar-refractivity contribution in [2.45, 2.75) is 0 Å². The molecule has 0 fully saturated rings. The van der Waals surface area contributed by atoms with Gasteiger partial charge >= 0.3 is 17.9 Å². The average molecular weight is 362 g/mol. The predicted octanol–water partition coefficient (Wildman–Crippen LogP) is 4.12. The highest BCUT2D eigenvalue weighted by Crippen LogP contribution is 2.33. The van der Waals surface area contributed by atoms with Crippen LogP contribution in [0.15, 0.2) is 66.7 Å². The molecule has 0 saturated heterocycles. The first-order chi connectivity index (χ1) is 12.9. The third kappa shape index (κ3) is 3.55. The smallest absolute Gasteiger partial charge is 0.336 e. The van der Waals surface area contributed by atoms with Crippen molar-refractivity contribution in [1.29, 1.82) is 0 Å². The van der Waals surface area contributed by atoms with Gasteiger partial charge in [0.15, 0.2) is 0 Å². The molecule has 0 amide bonds. The van der Waals surface area contributed by atoms with Crippen molar-refractivity contribution in [3.05, 3.63) is 83.4 Å². The van der Waals surface area contributed by atoms with Crippen LogP contribution in [0.2, 0.25) is 0 Å². The van der Waals surface area contributed by atoms with Crippen LogP contribution in [-0.4, -0.2) is 33.2 Å². The number of aromatic carboxylic acids is 3. The van der Waals surface area contributed by atoms with Gasteiger partial charge in [-0.3, -0.25) is 0 Å². The molecule has 0 atom stereocenters. The van der Waals surface area contributed by atoms with E-state index in [4.69, 9.17) is 0 Å². The molecule has 0 bridgehead atoms. The van der Waals surface area contributed by atoms with Crippen molar-refractivity contribution < 1.29 is 29.7 Å². The minimum Gasteiger partial charge on any atom is -0.478 e. The lowest BCUT2D eigenvalue weighted by molar-refractivity contribution is 0.0686. The second-order valence-electron chi connectivity index (χ2n) is 5.81. The lowest BCUT2D eigenvalue weighted by atomic mass is 9.90. The number of carbonyl (C=O) groups is 3. The third-order valence-electron chi connectivity index (χ3n) is 4.12. The Hall–Kier alpha value is -3.93. The van der Waals surface area contributed by atoms with Crippen LogP contribution in [0.25, 0.3) is 22.3 Å². The maximum absolute atomic E-state index is 12.0. The minimum absolute atomic E-state index is 0.0254. The summed E-state index contributed by atoms with van der Waals surface area (Å²) in [5, 5.41) is 28.1. The van der Waals surface area contributed by atoms with Crippen LogP contribution in [0.3, 0.4) is 0 Å². The molecule has 0 spiro atoms. The van der Waals surface area contributed by atoms with Crippen LogP contribution in [0.5, 0.6) is 0 Å². The fraction of sp³-hybridized carbons (Fsp3) is 0. The van der Waals surface area contributed by atoms with E-state index in [9.17, 15) is 29.7 Å². The van der Waals surface area contributed by atoms with Gasteiger partial charge in [0.25, 0.3) is 0 Å². The molecule has 0 unspecified atom stereocenters. The lowest BCUT2D eigenvalue weighted by Gasteiger charge is -2.13. The van der Waals surface area contributed by atoms with Crippen molar-refractivity contribution in [3.8, 4) is 22.3 Å². The summed E-state index contributed by atoms with van der Waals surface area (Å²) in [5.74, 6) is -3.42. The van der Waals surface area contributed by atoms with Crippen LogP contribution in [-0.2, 0) is 0 Å². The molecule has 3 rings (SSSR count). The molecule has 0 aliphatic rings. The Morgan fingerprint density at radius 1 is 0.556 bits per heavy atom. The largest absolute Gasteiger partial charge is 0.478 e. The summed E-state index contributed by atoms with van der Waals surface area (Å²) in [5.41, 5.74) is 1.66. The summed E-state index contributed by atoms with van der Waals surface area (Å²) in [6.45, 7) is 0. The second kappa shape index (κ2) is 7.13. The second-order valence-corrected chi connectivity index (χ2v) is 5.81. The van der Waals surface area contributed by atoms with E-state index in [0.29, 0.717) is 22.3 Å². The first-order valence-corrected chi connectivity index (χ1v) is 7.92. The van der Waals surface area contributed by atoms with Crippen LogP contribution >= 0.6 is 0 Å². The Labute approximate surface area is 154 Å². The molecule has 0 saturated carbocycles. The monoisotopic (exact) mass is 362 g/mol. The summed E-state index contributed by atoms with van der Waals surface area (Å²) in [6.07, 6.45) is 0. The fourth-order valence-electron chi connectivity index (χ4n) is 2.90. The molecule has 27 heavy (non-hydrogen) atoms. The molecule has 0 aliphatic carbocycles. The van der Waals surface area contributed by atoms with Gasteiger partial charge in [0.05, 0.1) is 16.7 Å². The SMILES string of the molecule is O=C(O)c1cccc(-c2cccc(-c3cccc(C(=O)O)c3)c2C(=O)O)c1. The maximum atomic E-state index is 12.0. The number of hydrogen-bond acceptors (Lipinski definition) is 3. The Bertz CT molecular complexity index is 992. The Kier molecular flexibility index (Phi) is 4.72. The van der Waals surface area contributed by atoms with E-state index in [0.717, 1.165) is 0 Å². The molecule has 0 aliphatic heterocycles. The van der Waals surface area contributed by atoms with Crippen molar-refractivity contribution in [2.24, 2.45) is 0 Å². The standard InChI is InChI=1S/C21H14O6/c22-19(23)14-6-1-4-12(10-14)16-8-3-9-17(18(16)21(26)27)13-5-2-7-15(11-13)20(24)25/h1-11H,(H,22,23)(H,24,25)(H,26,27). The summed E-state index contributed by atoms with van der Waals surface area (Å²) in [4.78, 5) is 34.4. The molecular formula is C21H14O6. The van der Waals surface area contributed by atoms with Gasteiger partial charge in [-0.2, -0.15) is 0 Å². The number of hydrogen-bond donors (Lipinski definition) is 3. The summed E-state index contributed by atoms with van der Waals surface area (Å²) in [6, 6.07) is 16.8. The van der Waals surface area contributed by atoms with Gasteiger partial charge in [-0.1, -0.05) is 42.5 Å². The highest BCUT2D eigenvalue weighted by Gasteiger charge is 2.19. The lowest BCUT2D eigenvalue weighted by Crippen LogP contribution is -2.04. The fourth-order valence-corrected chi connectivity index (χ4v) is 2.90. The molecule has 6 heteroatoms. The van der Waals surface area contributed by atoms with E-state index in [2.05, 4.69) is 0 Å². The Balaban J connectivity index is 2.24. The van der Waals surface area contributed by atoms with Gasteiger partial charge in [-0.05, 0) is 46.5 Å². The Morgan fingerprint density at radius 3 is 1.33 bits per heavy atom. The summed E-state index contributed by atoms with van der Waals surface area (Å²) >= 11 is 0. The van der Waals surface area contributed by atoms with Gasteiger partial charge in [-0.25, -0.2) is 14.4 Å². The van der Waals surface area contributed by atoms with Crippen LogP contribution in [0.4, 0.5) is 0 Å². The van der Waals surface area contributed by atoms with Crippen molar-refractivity contribution in [1.82, 2.24) is 0 Å². The summed E-state index contributed by atoms with van der Waals surface area (Å²) < 4.78 is 0. The molecule has 6 nitrogen and oxygen atoms in total.